The smallest absolute Gasteiger partial charge is 0.319 e. The molecule has 1 fully saturated rings. The number of nitrogens with one attached hydrogen (secondary N) is 3. The summed E-state index contributed by atoms with van der Waals surface area (Å²) in [5, 5.41) is 8.66. The van der Waals surface area contributed by atoms with Crippen molar-refractivity contribution < 1.29 is 9.18 Å². The van der Waals surface area contributed by atoms with Crippen LogP contribution in [0.4, 0.5) is 14.9 Å². The summed E-state index contributed by atoms with van der Waals surface area (Å²) in [6, 6.07) is 5.77. The van der Waals surface area contributed by atoms with E-state index < -0.39 is 5.82 Å². The fraction of sp³-hybridized carbons (Fsp3) is 0.500. The average molecular weight is 265 g/mol. The molecule has 4 nitrogen and oxygen atoms in total. The number of piperidine rings is 1. The lowest BCUT2D eigenvalue weighted by Gasteiger charge is -2.34. The van der Waals surface area contributed by atoms with E-state index in [2.05, 4.69) is 22.9 Å². The van der Waals surface area contributed by atoms with Crippen molar-refractivity contribution in [2.75, 3.05) is 25.0 Å². The van der Waals surface area contributed by atoms with Crippen LogP contribution in [0.15, 0.2) is 24.3 Å². The van der Waals surface area contributed by atoms with Gasteiger partial charge in [-0.05, 0) is 36.9 Å². The molecule has 5 heteroatoms. The third kappa shape index (κ3) is 3.92. The monoisotopic (exact) mass is 265 g/mol. The molecule has 1 aliphatic heterocycles. The molecule has 0 aromatic heterocycles. The minimum Gasteiger partial charge on any atom is -0.337 e. The van der Waals surface area contributed by atoms with Gasteiger partial charge in [0.15, 0.2) is 0 Å². The van der Waals surface area contributed by atoms with Gasteiger partial charge in [-0.15, -0.1) is 0 Å². The number of carbonyl (C=O) groups is 1. The first-order chi connectivity index (χ1) is 9.09. The Morgan fingerprint density at radius 3 is 2.95 bits per heavy atom. The van der Waals surface area contributed by atoms with Crippen molar-refractivity contribution in [3.05, 3.63) is 30.1 Å². The third-order valence-electron chi connectivity index (χ3n) is 3.48. The van der Waals surface area contributed by atoms with E-state index in [1.54, 1.807) is 18.2 Å². The third-order valence-corrected chi connectivity index (χ3v) is 3.48. The quantitative estimate of drug-likeness (QED) is 0.785. The van der Waals surface area contributed by atoms with E-state index in [1.165, 1.54) is 6.07 Å². The Balaban J connectivity index is 1.83. The number of anilines is 1. The van der Waals surface area contributed by atoms with Gasteiger partial charge in [0.1, 0.15) is 5.82 Å². The fourth-order valence-electron chi connectivity index (χ4n) is 2.29. The van der Waals surface area contributed by atoms with E-state index in [1.807, 2.05) is 0 Å². The number of carbonyl (C=O) groups excluding carboxylic acids is 1. The predicted octanol–water partition coefficient (Wildman–Crippen LogP) is 2.34. The van der Waals surface area contributed by atoms with Gasteiger partial charge in [0, 0.05) is 13.1 Å². The highest BCUT2D eigenvalue weighted by atomic mass is 19.1. The lowest BCUT2D eigenvalue weighted by atomic mass is 9.83. The molecule has 1 unspecified atom stereocenters. The number of halogens is 1. The van der Waals surface area contributed by atoms with Crippen LogP contribution in [-0.4, -0.2) is 25.7 Å². The van der Waals surface area contributed by atoms with Crippen LogP contribution >= 0.6 is 0 Å². The van der Waals surface area contributed by atoms with Crippen molar-refractivity contribution in [2.45, 2.75) is 19.8 Å². The molecule has 19 heavy (non-hydrogen) atoms. The first kappa shape index (κ1) is 13.8. The maximum Gasteiger partial charge on any atom is 0.319 e. The number of amides is 2. The molecule has 1 atom stereocenters. The summed E-state index contributed by atoms with van der Waals surface area (Å²) >= 11 is 0. The summed E-state index contributed by atoms with van der Waals surface area (Å²) in [5.74, 6) is -0.428. The molecule has 0 aliphatic carbocycles. The van der Waals surface area contributed by atoms with E-state index in [0.29, 0.717) is 6.54 Å². The molecule has 0 spiro atoms. The van der Waals surface area contributed by atoms with Crippen LogP contribution in [-0.2, 0) is 0 Å². The Kier molecular flexibility index (Phi) is 4.37. The summed E-state index contributed by atoms with van der Waals surface area (Å²) in [4.78, 5) is 11.7. The number of rotatable bonds is 3. The van der Waals surface area contributed by atoms with E-state index in [-0.39, 0.29) is 17.1 Å². The molecule has 0 saturated carbocycles. The van der Waals surface area contributed by atoms with E-state index >= 15 is 0 Å². The van der Waals surface area contributed by atoms with Crippen LogP contribution in [0.25, 0.3) is 0 Å². The first-order valence-electron chi connectivity index (χ1n) is 6.59. The van der Waals surface area contributed by atoms with Crippen molar-refractivity contribution in [1.82, 2.24) is 10.6 Å². The summed E-state index contributed by atoms with van der Waals surface area (Å²) < 4.78 is 13.4. The van der Waals surface area contributed by atoms with Crippen LogP contribution in [0.5, 0.6) is 0 Å². The zero-order valence-electron chi connectivity index (χ0n) is 11.1. The summed E-state index contributed by atoms with van der Waals surface area (Å²) in [5.41, 5.74) is 0.275. The second kappa shape index (κ2) is 6.02. The SMILES string of the molecule is CC1(CNC(=O)Nc2ccccc2F)CCCNC1. The molecule has 0 radical (unpaired) electrons. The topological polar surface area (TPSA) is 53.2 Å². The molecule has 2 rings (SSSR count). The van der Waals surface area contributed by atoms with Gasteiger partial charge >= 0.3 is 6.03 Å². The number of benzene rings is 1. The molecule has 1 aliphatic rings. The van der Waals surface area contributed by atoms with Crippen molar-refractivity contribution in [3.63, 3.8) is 0 Å². The van der Waals surface area contributed by atoms with E-state index in [9.17, 15) is 9.18 Å². The van der Waals surface area contributed by atoms with E-state index in [4.69, 9.17) is 0 Å². The molecule has 1 heterocycles. The van der Waals surface area contributed by atoms with Gasteiger partial charge in [0.25, 0.3) is 0 Å². The predicted molar refractivity (Wildman–Crippen MR) is 73.6 cm³/mol. The van der Waals surface area contributed by atoms with Gasteiger partial charge in [-0.3, -0.25) is 0 Å². The molecule has 1 aromatic rings. The second-order valence-electron chi connectivity index (χ2n) is 5.38. The molecule has 2 amide bonds. The van der Waals surface area contributed by atoms with Crippen LogP contribution < -0.4 is 16.0 Å². The minimum atomic E-state index is -0.428. The van der Waals surface area contributed by atoms with E-state index in [0.717, 1.165) is 25.9 Å². The number of urea groups is 1. The Bertz CT molecular complexity index is 444. The zero-order valence-corrected chi connectivity index (χ0v) is 11.1. The minimum absolute atomic E-state index is 0.0742. The van der Waals surface area contributed by atoms with Crippen LogP contribution in [0, 0.1) is 11.2 Å². The Morgan fingerprint density at radius 1 is 1.47 bits per heavy atom. The maximum absolute atomic E-state index is 13.4. The summed E-state index contributed by atoms with van der Waals surface area (Å²) in [7, 11) is 0. The normalized spacial score (nSPS) is 22.8. The number of hydrogen-bond acceptors (Lipinski definition) is 2. The molecule has 0 bridgehead atoms. The van der Waals surface area contributed by atoms with Crippen molar-refractivity contribution >= 4 is 11.7 Å². The first-order valence-corrected chi connectivity index (χ1v) is 6.59. The molecular weight excluding hydrogens is 245 g/mol. The van der Waals surface area contributed by atoms with Gasteiger partial charge in [0.05, 0.1) is 5.69 Å². The average Bonchev–Trinajstić information content (AvgIpc) is 2.40. The van der Waals surface area contributed by atoms with Crippen molar-refractivity contribution in [3.8, 4) is 0 Å². The number of hydrogen-bond donors (Lipinski definition) is 3. The summed E-state index contributed by atoms with van der Waals surface area (Å²) in [6.45, 7) is 4.66. The van der Waals surface area contributed by atoms with Crippen LogP contribution in [0.1, 0.15) is 19.8 Å². The van der Waals surface area contributed by atoms with Crippen LogP contribution in [0.3, 0.4) is 0 Å². The highest BCUT2D eigenvalue weighted by Gasteiger charge is 2.27. The molecule has 3 N–H and O–H groups in total. The Hall–Kier alpha value is -1.62. The van der Waals surface area contributed by atoms with Gasteiger partial charge in [-0.1, -0.05) is 19.1 Å². The maximum atomic E-state index is 13.4. The largest absolute Gasteiger partial charge is 0.337 e. The highest BCUT2D eigenvalue weighted by Crippen LogP contribution is 2.24. The van der Waals surface area contributed by atoms with Gasteiger partial charge in [-0.2, -0.15) is 0 Å². The second-order valence-corrected chi connectivity index (χ2v) is 5.38. The molecule has 104 valence electrons. The standard InChI is InChI=1S/C14H20FN3O/c1-14(7-4-8-16-9-14)10-17-13(19)18-12-6-3-2-5-11(12)15/h2-3,5-6,16H,4,7-10H2,1H3,(H2,17,18,19). The van der Waals surface area contributed by atoms with Gasteiger partial charge < -0.3 is 16.0 Å². The van der Waals surface area contributed by atoms with Gasteiger partial charge in [-0.25, -0.2) is 9.18 Å². The summed E-state index contributed by atoms with van der Waals surface area (Å²) in [6.07, 6.45) is 2.20. The molecular formula is C14H20FN3O. The number of para-hydroxylation sites is 1. The zero-order chi connectivity index (χ0) is 13.7. The Labute approximate surface area is 112 Å². The van der Waals surface area contributed by atoms with Gasteiger partial charge in [0.2, 0.25) is 0 Å². The van der Waals surface area contributed by atoms with Crippen molar-refractivity contribution in [2.24, 2.45) is 5.41 Å². The Morgan fingerprint density at radius 2 is 2.26 bits per heavy atom. The molecule has 1 saturated heterocycles. The van der Waals surface area contributed by atoms with Crippen LogP contribution in [0.2, 0.25) is 0 Å². The molecule has 1 aromatic carbocycles. The lowest BCUT2D eigenvalue weighted by molar-refractivity contribution is 0.217. The lowest BCUT2D eigenvalue weighted by Crippen LogP contribution is -2.46. The fourth-order valence-corrected chi connectivity index (χ4v) is 2.29. The van der Waals surface area contributed by atoms with Crippen molar-refractivity contribution in [1.29, 1.82) is 0 Å². The highest BCUT2D eigenvalue weighted by molar-refractivity contribution is 5.89.